The normalized spacial score (nSPS) is 14.8. The number of aromatic carboxylic acids is 1. The number of hydrogen-bond acceptors (Lipinski definition) is 4. The first kappa shape index (κ1) is 24.1. The van der Waals surface area contributed by atoms with Crippen LogP contribution in [0.3, 0.4) is 0 Å². The predicted octanol–water partition coefficient (Wildman–Crippen LogP) is 5.86. The molecule has 0 bridgehead atoms. The van der Waals surface area contributed by atoms with Gasteiger partial charge in [0.05, 0.1) is 16.1 Å². The summed E-state index contributed by atoms with van der Waals surface area (Å²) in [5.74, 6) is -0.568. The van der Waals surface area contributed by atoms with E-state index in [-0.39, 0.29) is 16.1 Å². The minimum Gasteiger partial charge on any atom is -0.478 e. The molecule has 7 heteroatoms. The molecule has 2 aromatic carbocycles. The molecule has 0 radical (unpaired) electrons. The summed E-state index contributed by atoms with van der Waals surface area (Å²) in [5.41, 5.74) is 2.13. The van der Waals surface area contributed by atoms with Crippen LogP contribution < -0.4 is 9.62 Å². The van der Waals surface area contributed by atoms with E-state index in [2.05, 4.69) is 11.6 Å². The molecule has 1 saturated carbocycles. The number of nitrogens with one attached hydrogen (secondary N) is 1. The van der Waals surface area contributed by atoms with Crippen LogP contribution in [0.25, 0.3) is 0 Å². The van der Waals surface area contributed by atoms with Crippen LogP contribution in [-0.4, -0.2) is 32.6 Å². The number of anilines is 2. The average molecular weight is 459 g/mol. The molecule has 0 aliphatic heterocycles. The van der Waals surface area contributed by atoms with Gasteiger partial charge in [0.1, 0.15) is 0 Å². The molecule has 174 valence electrons. The number of unbranched alkanes of at least 4 members (excludes halogenated alkanes) is 1. The van der Waals surface area contributed by atoms with Crippen molar-refractivity contribution in [2.24, 2.45) is 0 Å². The number of hydrogen-bond donors (Lipinski definition) is 2. The van der Waals surface area contributed by atoms with E-state index in [4.69, 9.17) is 0 Å². The summed E-state index contributed by atoms with van der Waals surface area (Å²) in [6, 6.07) is 11.8. The number of nitrogens with zero attached hydrogens (tertiary/aromatic N) is 1. The Kier molecular flexibility index (Phi) is 8.18. The number of sulfonamides is 1. The highest BCUT2D eigenvalue weighted by atomic mass is 32.2. The molecular weight excluding hydrogens is 424 g/mol. The third kappa shape index (κ3) is 5.82. The van der Waals surface area contributed by atoms with E-state index < -0.39 is 16.0 Å². The van der Waals surface area contributed by atoms with E-state index in [0.717, 1.165) is 32.2 Å². The number of carboxylic acids is 1. The van der Waals surface area contributed by atoms with Crippen molar-refractivity contribution in [3.05, 3.63) is 53.6 Å². The van der Waals surface area contributed by atoms with Gasteiger partial charge in [0, 0.05) is 18.8 Å². The predicted molar refractivity (Wildman–Crippen MR) is 129 cm³/mol. The minimum atomic E-state index is -3.81. The first-order chi connectivity index (χ1) is 15.4. The first-order valence-corrected chi connectivity index (χ1v) is 13.1. The van der Waals surface area contributed by atoms with Crippen LogP contribution in [0.5, 0.6) is 0 Å². The van der Waals surface area contributed by atoms with Crippen molar-refractivity contribution in [1.29, 1.82) is 0 Å². The van der Waals surface area contributed by atoms with E-state index in [1.54, 1.807) is 24.3 Å². The van der Waals surface area contributed by atoms with Crippen LogP contribution in [0.1, 0.15) is 80.6 Å². The Morgan fingerprint density at radius 2 is 1.75 bits per heavy atom. The summed E-state index contributed by atoms with van der Waals surface area (Å²) in [6.07, 6.45) is 8.00. The molecule has 0 unspecified atom stereocenters. The summed E-state index contributed by atoms with van der Waals surface area (Å²) in [5, 5.41) is 9.73. The lowest BCUT2D eigenvalue weighted by Crippen LogP contribution is -2.26. The van der Waals surface area contributed by atoms with Crippen molar-refractivity contribution in [2.75, 3.05) is 22.7 Å². The Bertz CT molecular complexity index is 1010. The molecule has 0 heterocycles. The van der Waals surface area contributed by atoms with Crippen LogP contribution in [0.2, 0.25) is 0 Å². The van der Waals surface area contributed by atoms with Gasteiger partial charge in [-0.25, -0.2) is 13.2 Å². The number of rotatable bonds is 10. The third-order valence-electron chi connectivity index (χ3n) is 6.25. The fourth-order valence-electron chi connectivity index (χ4n) is 4.41. The van der Waals surface area contributed by atoms with Crippen LogP contribution in [0.4, 0.5) is 11.4 Å². The first-order valence-electron chi connectivity index (χ1n) is 11.6. The fraction of sp³-hybridized carbons (Fsp3) is 0.480. The van der Waals surface area contributed by atoms with Gasteiger partial charge in [-0.05, 0) is 68.0 Å². The quantitative estimate of drug-likeness (QED) is 0.466. The maximum Gasteiger partial charge on any atom is 0.337 e. The highest BCUT2D eigenvalue weighted by molar-refractivity contribution is 7.92. The maximum atomic E-state index is 12.9. The van der Waals surface area contributed by atoms with Gasteiger partial charge in [0.2, 0.25) is 0 Å². The zero-order chi connectivity index (χ0) is 23.1. The zero-order valence-corrected chi connectivity index (χ0v) is 19.8. The second-order valence-corrected chi connectivity index (χ2v) is 10.2. The van der Waals surface area contributed by atoms with Gasteiger partial charge in [-0.1, -0.05) is 44.7 Å². The highest BCUT2D eigenvalue weighted by Gasteiger charge is 2.20. The fourth-order valence-corrected chi connectivity index (χ4v) is 5.46. The smallest absolute Gasteiger partial charge is 0.337 e. The molecule has 0 amide bonds. The Morgan fingerprint density at radius 1 is 1.06 bits per heavy atom. The van der Waals surface area contributed by atoms with Gasteiger partial charge in [0.15, 0.2) is 0 Å². The van der Waals surface area contributed by atoms with E-state index in [0.29, 0.717) is 18.2 Å². The van der Waals surface area contributed by atoms with Gasteiger partial charge in [-0.15, -0.1) is 0 Å². The zero-order valence-electron chi connectivity index (χ0n) is 19.0. The molecule has 3 rings (SSSR count). The summed E-state index contributed by atoms with van der Waals surface area (Å²) >= 11 is 0. The molecule has 0 atom stereocenters. The minimum absolute atomic E-state index is 0.0933. The molecule has 1 fully saturated rings. The molecular formula is C25H34N2O4S. The average Bonchev–Trinajstić information content (AvgIpc) is 2.80. The molecule has 32 heavy (non-hydrogen) atoms. The van der Waals surface area contributed by atoms with Gasteiger partial charge in [0.25, 0.3) is 10.0 Å². The maximum absolute atomic E-state index is 12.9. The molecule has 6 nitrogen and oxygen atoms in total. The van der Waals surface area contributed by atoms with E-state index in [9.17, 15) is 18.3 Å². The number of carbonyl (C=O) groups is 1. The third-order valence-corrected chi connectivity index (χ3v) is 7.65. The lowest BCUT2D eigenvalue weighted by atomic mass is 9.84. The van der Waals surface area contributed by atoms with Crippen molar-refractivity contribution < 1.29 is 18.3 Å². The Labute approximate surface area is 191 Å². The van der Waals surface area contributed by atoms with Crippen molar-refractivity contribution in [2.45, 2.75) is 69.6 Å². The molecule has 2 aromatic rings. The standard InChI is InChI=1S/C25H34N2O4S/c1-3-5-17-27(4-2)24-16-13-21(18-23(24)25(28)29)26-32(30,31)22-14-11-20(12-15-22)19-9-7-6-8-10-19/h11-16,18-19,26H,3-10,17H2,1-2H3,(H,28,29). The van der Waals surface area contributed by atoms with E-state index in [1.165, 1.54) is 30.9 Å². The topological polar surface area (TPSA) is 86.7 Å². The van der Waals surface area contributed by atoms with Gasteiger partial charge in [-0.2, -0.15) is 0 Å². The molecule has 0 spiro atoms. The Hall–Kier alpha value is -2.54. The number of benzene rings is 2. The number of carboxylic acid groups (broad SMARTS) is 1. The monoisotopic (exact) mass is 458 g/mol. The lowest BCUT2D eigenvalue weighted by molar-refractivity contribution is 0.0697. The summed E-state index contributed by atoms with van der Waals surface area (Å²) in [4.78, 5) is 14.1. The van der Waals surface area contributed by atoms with Crippen molar-refractivity contribution in [1.82, 2.24) is 0 Å². The van der Waals surface area contributed by atoms with Crippen molar-refractivity contribution in [3.8, 4) is 0 Å². The van der Waals surface area contributed by atoms with Gasteiger partial charge < -0.3 is 10.0 Å². The summed E-state index contributed by atoms with van der Waals surface area (Å²) in [6.45, 7) is 5.50. The molecule has 1 aliphatic carbocycles. The lowest BCUT2D eigenvalue weighted by Gasteiger charge is -2.25. The Morgan fingerprint density at radius 3 is 2.34 bits per heavy atom. The van der Waals surface area contributed by atoms with Crippen molar-refractivity contribution >= 4 is 27.4 Å². The second-order valence-electron chi connectivity index (χ2n) is 8.48. The van der Waals surface area contributed by atoms with Crippen LogP contribution >= 0.6 is 0 Å². The summed E-state index contributed by atoms with van der Waals surface area (Å²) in [7, 11) is -3.81. The van der Waals surface area contributed by atoms with Crippen LogP contribution in [0.15, 0.2) is 47.4 Å². The van der Waals surface area contributed by atoms with Crippen molar-refractivity contribution in [3.63, 3.8) is 0 Å². The van der Waals surface area contributed by atoms with Gasteiger partial charge in [-0.3, -0.25) is 4.72 Å². The Balaban J connectivity index is 1.80. The molecule has 0 aromatic heterocycles. The van der Waals surface area contributed by atoms with Crippen LogP contribution in [-0.2, 0) is 10.0 Å². The van der Waals surface area contributed by atoms with Gasteiger partial charge >= 0.3 is 5.97 Å². The second kappa shape index (κ2) is 10.9. The van der Waals surface area contributed by atoms with E-state index >= 15 is 0 Å². The van der Waals surface area contributed by atoms with E-state index in [1.807, 2.05) is 24.0 Å². The summed E-state index contributed by atoms with van der Waals surface area (Å²) < 4.78 is 28.4. The highest BCUT2D eigenvalue weighted by Crippen LogP contribution is 2.33. The molecule has 1 aliphatic rings. The molecule has 0 saturated heterocycles. The van der Waals surface area contributed by atoms with Crippen LogP contribution in [0, 0.1) is 0 Å². The molecule has 2 N–H and O–H groups in total. The largest absolute Gasteiger partial charge is 0.478 e. The SMILES string of the molecule is CCCCN(CC)c1ccc(NS(=O)(=O)c2ccc(C3CCCCC3)cc2)cc1C(=O)O.